The van der Waals surface area contributed by atoms with Gasteiger partial charge in [0.1, 0.15) is 5.82 Å². The number of pyridine rings is 1. The van der Waals surface area contributed by atoms with Gasteiger partial charge in [-0.15, -0.1) is 0 Å². The first-order valence-electron chi connectivity index (χ1n) is 12.3. The zero-order valence-corrected chi connectivity index (χ0v) is 23.3. The van der Waals surface area contributed by atoms with Gasteiger partial charge in [0.05, 0.1) is 17.7 Å². The van der Waals surface area contributed by atoms with Crippen molar-refractivity contribution in [2.45, 2.75) is 78.4 Å². The summed E-state index contributed by atoms with van der Waals surface area (Å²) in [7, 11) is 1.77. The second-order valence-corrected chi connectivity index (χ2v) is 10.6. The summed E-state index contributed by atoms with van der Waals surface area (Å²) < 4.78 is 12.3. The third-order valence-corrected chi connectivity index (χ3v) is 7.80. The van der Waals surface area contributed by atoms with Crippen LogP contribution in [-0.2, 0) is 11.2 Å². The number of halogens is 1. The standard InChI is InChI=1S/C26H36IN5O2/c1-7-18-12-21-16(4)23(26-28-17(5)31-34-26)25(30-24(21)22(27)13-18)32-10-9-20(11-15(32)3)29-19(8-2)14-33-6/h12-13,15,19-20,29H,7-11,14H2,1-6H3/t15-,19?,20-/m1/s1. The molecular formula is C26H36IN5O2. The Morgan fingerprint density at radius 3 is 2.68 bits per heavy atom. The maximum atomic E-state index is 5.69. The highest BCUT2D eigenvalue weighted by atomic mass is 127. The van der Waals surface area contributed by atoms with Crippen molar-refractivity contribution in [3.63, 3.8) is 0 Å². The van der Waals surface area contributed by atoms with Gasteiger partial charge >= 0.3 is 0 Å². The van der Waals surface area contributed by atoms with Crippen molar-refractivity contribution in [2.24, 2.45) is 0 Å². The van der Waals surface area contributed by atoms with Crippen LogP contribution < -0.4 is 10.2 Å². The van der Waals surface area contributed by atoms with Crippen LogP contribution in [0.1, 0.15) is 57.0 Å². The molecule has 0 spiro atoms. The average Bonchev–Trinajstić information content (AvgIpc) is 3.24. The van der Waals surface area contributed by atoms with E-state index >= 15 is 0 Å². The summed E-state index contributed by atoms with van der Waals surface area (Å²) in [5.74, 6) is 2.14. The monoisotopic (exact) mass is 577 g/mol. The first-order valence-corrected chi connectivity index (χ1v) is 13.4. The van der Waals surface area contributed by atoms with E-state index in [1.165, 1.54) is 9.13 Å². The van der Waals surface area contributed by atoms with E-state index in [9.17, 15) is 0 Å². The number of methoxy groups -OCH3 is 1. The Kier molecular flexibility index (Phi) is 8.09. The number of hydrogen-bond acceptors (Lipinski definition) is 7. The molecule has 0 saturated carbocycles. The number of anilines is 1. The van der Waals surface area contributed by atoms with Crippen LogP contribution in [0.5, 0.6) is 0 Å². The number of fused-ring (bicyclic) bond motifs is 1. The van der Waals surface area contributed by atoms with Gasteiger partial charge in [0.15, 0.2) is 5.82 Å². The fourth-order valence-corrected chi connectivity index (χ4v) is 5.85. The lowest BCUT2D eigenvalue weighted by molar-refractivity contribution is 0.153. The van der Waals surface area contributed by atoms with Crippen molar-refractivity contribution in [3.8, 4) is 11.5 Å². The quantitative estimate of drug-likeness (QED) is 0.358. The van der Waals surface area contributed by atoms with Crippen molar-refractivity contribution in [1.29, 1.82) is 0 Å². The number of hydrogen-bond donors (Lipinski definition) is 1. The maximum Gasteiger partial charge on any atom is 0.261 e. The highest BCUT2D eigenvalue weighted by Crippen LogP contribution is 2.39. The molecule has 2 aromatic heterocycles. The van der Waals surface area contributed by atoms with Crippen molar-refractivity contribution in [2.75, 3.05) is 25.2 Å². The van der Waals surface area contributed by atoms with Crippen molar-refractivity contribution in [1.82, 2.24) is 20.4 Å². The van der Waals surface area contributed by atoms with E-state index in [0.29, 0.717) is 29.8 Å². The minimum Gasteiger partial charge on any atom is -0.383 e. The highest BCUT2D eigenvalue weighted by Gasteiger charge is 2.31. The Labute approximate surface area is 216 Å². The molecule has 34 heavy (non-hydrogen) atoms. The molecule has 0 radical (unpaired) electrons. The molecule has 1 aromatic carbocycles. The average molecular weight is 578 g/mol. The second kappa shape index (κ2) is 10.9. The molecule has 3 atom stereocenters. The molecule has 1 saturated heterocycles. The molecule has 0 bridgehead atoms. The summed E-state index contributed by atoms with van der Waals surface area (Å²) >= 11 is 2.42. The predicted molar refractivity (Wildman–Crippen MR) is 146 cm³/mol. The number of aryl methyl sites for hydroxylation is 3. The van der Waals surface area contributed by atoms with Crippen LogP contribution in [0.15, 0.2) is 16.7 Å². The number of piperidine rings is 1. The lowest BCUT2D eigenvalue weighted by Gasteiger charge is -2.40. The Hall–Kier alpha value is -1.78. The second-order valence-electron chi connectivity index (χ2n) is 9.40. The van der Waals surface area contributed by atoms with E-state index in [1.807, 2.05) is 6.92 Å². The molecule has 1 N–H and O–H groups in total. The van der Waals surface area contributed by atoms with Crippen LogP contribution >= 0.6 is 22.6 Å². The molecule has 7 nitrogen and oxygen atoms in total. The first kappa shape index (κ1) is 25.3. The van der Waals surface area contributed by atoms with E-state index in [4.69, 9.17) is 14.2 Å². The Morgan fingerprint density at radius 2 is 2.06 bits per heavy atom. The van der Waals surface area contributed by atoms with E-state index < -0.39 is 0 Å². The number of aromatic nitrogens is 3. The molecule has 1 unspecified atom stereocenters. The molecule has 184 valence electrons. The first-order chi connectivity index (χ1) is 16.4. The molecule has 1 aliphatic rings. The molecule has 1 fully saturated rings. The summed E-state index contributed by atoms with van der Waals surface area (Å²) in [5.41, 5.74) is 4.46. The van der Waals surface area contributed by atoms with Crippen LogP contribution in [0.25, 0.3) is 22.4 Å². The molecule has 4 rings (SSSR count). The van der Waals surface area contributed by atoms with Gasteiger partial charge < -0.3 is 19.5 Å². The highest BCUT2D eigenvalue weighted by molar-refractivity contribution is 14.1. The number of nitrogens with zero attached hydrogens (tertiary/aromatic N) is 4. The van der Waals surface area contributed by atoms with Crippen LogP contribution in [0, 0.1) is 17.4 Å². The summed E-state index contributed by atoms with van der Waals surface area (Å²) in [6.07, 6.45) is 4.15. The van der Waals surface area contributed by atoms with Crippen LogP contribution in [-0.4, -0.2) is 53.5 Å². The lowest BCUT2D eigenvalue weighted by Crippen LogP contribution is -2.51. The minimum atomic E-state index is 0.325. The zero-order valence-electron chi connectivity index (χ0n) is 21.1. The van der Waals surface area contributed by atoms with Gasteiger partial charge in [0.25, 0.3) is 5.89 Å². The lowest BCUT2D eigenvalue weighted by atomic mass is 9.95. The normalized spacial score (nSPS) is 19.7. The minimum absolute atomic E-state index is 0.325. The van der Waals surface area contributed by atoms with Gasteiger partial charge in [0, 0.05) is 40.7 Å². The molecule has 3 aromatic rings. The van der Waals surface area contributed by atoms with Crippen LogP contribution in [0.3, 0.4) is 0 Å². The third-order valence-electron chi connectivity index (χ3n) is 6.97. The Morgan fingerprint density at radius 1 is 1.26 bits per heavy atom. The number of benzene rings is 1. The largest absolute Gasteiger partial charge is 0.383 e. The van der Waals surface area contributed by atoms with Crippen molar-refractivity contribution in [3.05, 3.63) is 32.7 Å². The summed E-state index contributed by atoms with van der Waals surface area (Å²) in [4.78, 5) is 12.3. The Balaban J connectivity index is 1.75. The van der Waals surface area contributed by atoms with Gasteiger partial charge in [-0.2, -0.15) is 4.98 Å². The predicted octanol–water partition coefficient (Wildman–Crippen LogP) is 5.44. The fourth-order valence-electron chi connectivity index (χ4n) is 5.04. The number of nitrogens with one attached hydrogen (secondary N) is 1. The summed E-state index contributed by atoms with van der Waals surface area (Å²) in [5, 5.41) is 9.05. The molecule has 0 amide bonds. The number of ether oxygens (including phenoxy) is 1. The van der Waals surface area contributed by atoms with Gasteiger partial charge in [-0.1, -0.05) is 19.0 Å². The molecular weight excluding hydrogens is 541 g/mol. The van der Waals surface area contributed by atoms with E-state index in [2.05, 4.69) is 82.8 Å². The fraction of sp³-hybridized carbons (Fsp3) is 0.577. The Bertz CT molecular complexity index is 1150. The molecule has 8 heteroatoms. The molecule has 1 aliphatic heterocycles. The van der Waals surface area contributed by atoms with E-state index in [0.717, 1.165) is 66.7 Å². The molecule has 0 aliphatic carbocycles. The van der Waals surface area contributed by atoms with Crippen LogP contribution in [0.2, 0.25) is 0 Å². The van der Waals surface area contributed by atoms with Gasteiger partial charge in [0.2, 0.25) is 0 Å². The maximum absolute atomic E-state index is 5.69. The summed E-state index contributed by atoms with van der Waals surface area (Å²) in [6.45, 7) is 12.4. The van der Waals surface area contributed by atoms with Gasteiger partial charge in [-0.25, -0.2) is 4.98 Å². The van der Waals surface area contributed by atoms with E-state index in [1.54, 1.807) is 7.11 Å². The number of rotatable bonds is 8. The topological polar surface area (TPSA) is 76.3 Å². The van der Waals surface area contributed by atoms with Gasteiger partial charge in [-0.05, 0) is 92.3 Å². The SMILES string of the molecule is CCc1cc(I)c2nc(N3CC[C@@H](NC(CC)COC)C[C@H]3C)c(-c3nc(C)no3)c(C)c2c1. The van der Waals surface area contributed by atoms with E-state index in [-0.39, 0.29) is 0 Å². The van der Waals surface area contributed by atoms with Crippen LogP contribution in [0.4, 0.5) is 5.82 Å². The van der Waals surface area contributed by atoms with Crippen molar-refractivity contribution >= 4 is 39.3 Å². The molecule has 3 heterocycles. The zero-order chi connectivity index (χ0) is 24.4. The van der Waals surface area contributed by atoms with Crippen molar-refractivity contribution < 1.29 is 9.26 Å². The summed E-state index contributed by atoms with van der Waals surface area (Å²) in [6, 6.07) is 5.69. The van der Waals surface area contributed by atoms with Gasteiger partial charge in [-0.3, -0.25) is 0 Å². The third kappa shape index (κ3) is 5.09. The smallest absolute Gasteiger partial charge is 0.261 e.